The Hall–Kier alpha value is -2.83. The molecule has 1 N–H and O–H groups in total. The third kappa shape index (κ3) is 4.45. The van der Waals surface area contributed by atoms with E-state index in [1.54, 1.807) is 7.11 Å². The number of rotatable bonds is 6. The van der Waals surface area contributed by atoms with Gasteiger partial charge in [0.25, 0.3) is 5.91 Å². The molecule has 1 atom stereocenters. The minimum Gasteiger partial charge on any atom is -0.497 e. The SMILES string of the molecule is COc1ccc(C(CNC(=O)c2oc3cc(C)c(C)cc3c2C)N2CCOCC2)cc1. The summed E-state index contributed by atoms with van der Waals surface area (Å²) in [6.07, 6.45) is 0. The predicted octanol–water partition coefficient (Wildman–Crippen LogP) is 4.17. The van der Waals surface area contributed by atoms with E-state index in [9.17, 15) is 4.79 Å². The molecule has 164 valence electrons. The molecule has 0 bridgehead atoms. The average molecular weight is 423 g/mol. The van der Waals surface area contributed by atoms with Crippen LogP contribution in [0.25, 0.3) is 11.0 Å². The number of amides is 1. The van der Waals surface area contributed by atoms with E-state index in [2.05, 4.69) is 35.3 Å². The summed E-state index contributed by atoms with van der Waals surface area (Å²) >= 11 is 0. The molecule has 31 heavy (non-hydrogen) atoms. The zero-order valence-electron chi connectivity index (χ0n) is 18.7. The maximum atomic E-state index is 13.1. The van der Waals surface area contributed by atoms with E-state index >= 15 is 0 Å². The van der Waals surface area contributed by atoms with Crippen molar-refractivity contribution in [2.45, 2.75) is 26.8 Å². The van der Waals surface area contributed by atoms with Crippen LogP contribution >= 0.6 is 0 Å². The smallest absolute Gasteiger partial charge is 0.287 e. The van der Waals surface area contributed by atoms with E-state index in [1.165, 1.54) is 5.56 Å². The molecule has 3 aromatic rings. The van der Waals surface area contributed by atoms with Crippen LogP contribution in [0, 0.1) is 20.8 Å². The van der Waals surface area contributed by atoms with Gasteiger partial charge < -0.3 is 19.2 Å². The maximum Gasteiger partial charge on any atom is 0.287 e. The van der Waals surface area contributed by atoms with Gasteiger partial charge in [-0.1, -0.05) is 12.1 Å². The molecule has 0 spiro atoms. The van der Waals surface area contributed by atoms with Crippen LogP contribution < -0.4 is 10.1 Å². The highest BCUT2D eigenvalue weighted by molar-refractivity contribution is 5.99. The number of hydrogen-bond acceptors (Lipinski definition) is 5. The van der Waals surface area contributed by atoms with Gasteiger partial charge in [0.2, 0.25) is 0 Å². The number of hydrogen-bond donors (Lipinski definition) is 1. The molecule has 6 nitrogen and oxygen atoms in total. The molecule has 4 rings (SSSR count). The summed E-state index contributed by atoms with van der Waals surface area (Å²) in [5.74, 6) is 1.02. The lowest BCUT2D eigenvalue weighted by Crippen LogP contribution is -2.43. The molecule has 1 aromatic heterocycles. The summed E-state index contributed by atoms with van der Waals surface area (Å²) in [6, 6.07) is 12.2. The molecule has 1 fully saturated rings. The second kappa shape index (κ2) is 9.12. The van der Waals surface area contributed by atoms with Crippen LogP contribution in [0.3, 0.4) is 0 Å². The number of benzene rings is 2. The first-order chi connectivity index (χ1) is 15.0. The molecule has 0 radical (unpaired) electrons. The van der Waals surface area contributed by atoms with Crippen LogP contribution in [0.1, 0.15) is 38.9 Å². The molecule has 6 heteroatoms. The van der Waals surface area contributed by atoms with Crippen LogP contribution in [-0.2, 0) is 4.74 Å². The standard InChI is InChI=1S/C25H30N2O4/c1-16-13-21-18(3)24(31-23(21)14-17(16)2)25(28)26-15-22(27-9-11-30-12-10-27)19-5-7-20(29-4)8-6-19/h5-8,13-14,22H,9-12,15H2,1-4H3,(H,26,28). The van der Waals surface area contributed by atoms with Gasteiger partial charge in [0, 0.05) is 30.6 Å². The Bertz CT molecular complexity index is 1070. The highest BCUT2D eigenvalue weighted by atomic mass is 16.5. The van der Waals surface area contributed by atoms with Crippen molar-refractivity contribution in [3.63, 3.8) is 0 Å². The first kappa shape index (κ1) is 21.4. The first-order valence-corrected chi connectivity index (χ1v) is 10.7. The minimum atomic E-state index is -0.184. The molecule has 1 amide bonds. The number of nitrogens with one attached hydrogen (secondary N) is 1. The minimum absolute atomic E-state index is 0.0490. The monoisotopic (exact) mass is 422 g/mol. The number of aryl methyl sites for hydroxylation is 3. The lowest BCUT2D eigenvalue weighted by molar-refractivity contribution is 0.0161. The average Bonchev–Trinajstić information content (AvgIpc) is 3.10. The molecule has 2 aromatic carbocycles. The number of ether oxygens (including phenoxy) is 2. The third-order valence-electron chi connectivity index (χ3n) is 6.20. The van der Waals surface area contributed by atoms with E-state index in [4.69, 9.17) is 13.9 Å². The molecule has 1 aliphatic heterocycles. The van der Waals surface area contributed by atoms with Crippen molar-refractivity contribution >= 4 is 16.9 Å². The van der Waals surface area contributed by atoms with Gasteiger partial charge in [0.15, 0.2) is 5.76 Å². The summed E-state index contributed by atoms with van der Waals surface area (Å²) < 4.78 is 16.8. The zero-order valence-corrected chi connectivity index (χ0v) is 18.7. The zero-order chi connectivity index (χ0) is 22.0. The molecule has 2 heterocycles. The van der Waals surface area contributed by atoms with Crippen LogP contribution in [0.2, 0.25) is 0 Å². The normalized spacial score (nSPS) is 15.7. The largest absolute Gasteiger partial charge is 0.497 e. The third-order valence-corrected chi connectivity index (χ3v) is 6.20. The van der Waals surface area contributed by atoms with Gasteiger partial charge in [-0.3, -0.25) is 9.69 Å². The highest BCUT2D eigenvalue weighted by Crippen LogP contribution is 2.28. The van der Waals surface area contributed by atoms with Gasteiger partial charge in [-0.05, 0) is 61.7 Å². The number of fused-ring (bicyclic) bond motifs is 1. The van der Waals surface area contributed by atoms with Gasteiger partial charge in [0.05, 0.1) is 26.4 Å². The Morgan fingerprint density at radius 1 is 1.10 bits per heavy atom. The molecule has 0 saturated carbocycles. The Kier molecular flexibility index (Phi) is 6.30. The number of carbonyl (C=O) groups excluding carboxylic acids is 1. The van der Waals surface area contributed by atoms with Crippen molar-refractivity contribution in [2.24, 2.45) is 0 Å². The second-order valence-electron chi connectivity index (χ2n) is 8.14. The van der Waals surface area contributed by atoms with E-state index < -0.39 is 0 Å². The fraction of sp³-hybridized carbons (Fsp3) is 0.400. The predicted molar refractivity (Wildman–Crippen MR) is 121 cm³/mol. The summed E-state index contributed by atoms with van der Waals surface area (Å²) in [5.41, 5.74) is 5.11. The molecule has 0 aliphatic carbocycles. The number of carbonyl (C=O) groups is 1. The van der Waals surface area contributed by atoms with Gasteiger partial charge in [0.1, 0.15) is 11.3 Å². The van der Waals surface area contributed by atoms with Gasteiger partial charge in [-0.2, -0.15) is 0 Å². The quantitative estimate of drug-likeness (QED) is 0.646. The van der Waals surface area contributed by atoms with Crippen LogP contribution in [0.5, 0.6) is 5.75 Å². The summed E-state index contributed by atoms with van der Waals surface area (Å²) in [7, 11) is 1.66. The summed E-state index contributed by atoms with van der Waals surface area (Å²) in [4.78, 5) is 15.4. The van der Waals surface area contributed by atoms with Crippen molar-refractivity contribution in [1.29, 1.82) is 0 Å². The van der Waals surface area contributed by atoms with Gasteiger partial charge in [-0.25, -0.2) is 0 Å². The Morgan fingerprint density at radius 2 is 1.77 bits per heavy atom. The van der Waals surface area contributed by atoms with Crippen molar-refractivity contribution in [3.8, 4) is 5.75 Å². The van der Waals surface area contributed by atoms with Crippen molar-refractivity contribution in [1.82, 2.24) is 10.2 Å². The highest BCUT2D eigenvalue weighted by Gasteiger charge is 2.25. The Labute approximate surface area is 183 Å². The van der Waals surface area contributed by atoms with E-state index in [0.717, 1.165) is 46.5 Å². The van der Waals surface area contributed by atoms with Crippen molar-refractivity contribution in [2.75, 3.05) is 40.0 Å². The lowest BCUT2D eigenvalue weighted by Gasteiger charge is -2.35. The van der Waals surface area contributed by atoms with E-state index in [0.29, 0.717) is 25.5 Å². The van der Waals surface area contributed by atoms with E-state index in [-0.39, 0.29) is 11.9 Å². The maximum absolute atomic E-state index is 13.1. The Balaban J connectivity index is 1.55. The van der Waals surface area contributed by atoms with Crippen LogP contribution in [-0.4, -0.2) is 50.8 Å². The molecular formula is C25H30N2O4. The van der Waals surface area contributed by atoms with Gasteiger partial charge in [-0.15, -0.1) is 0 Å². The first-order valence-electron chi connectivity index (χ1n) is 10.7. The molecular weight excluding hydrogens is 392 g/mol. The number of nitrogens with zero attached hydrogens (tertiary/aromatic N) is 1. The topological polar surface area (TPSA) is 63.9 Å². The summed E-state index contributed by atoms with van der Waals surface area (Å²) in [5, 5.41) is 4.10. The summed E-state index contributed by atoms with van der Waals surface area (Å²) in [6.45, 7) is 9.60. The second-order valence-corrected chi connectivity index (χ2v) is 8.14. The number of morpholine rings is 1. The molecule has 1 unspecified atom stereocenters. The van der Waals surface area contributed by atoms with E-state index in [1.807, 2.05) is 32.0 Å². The molecule has 1 saturated heterocycles. The fourth-order valence-corrected chi connectivity index (χ4v) is 4.14. The Morgan fingerprint density at radius 3 is 2.45 bits per heavy atom. The lowest BCUT2D eigenvalue weighted by atomic mass is 10.0. The fourth-order valence-electron chi connectivity index (χ4n) is 4.14. The van der Waals surface area contributed by atoms with Crippen LogP contribution in [0.15, 0.2) is 40.8 Å². The molecule has 1 aliphatic rings. The number of furan rings is 1. The van der Waals surface area contributed by atoms with Crippen molar-refractivity contribution in [3.05, 3.63) is 64.4 Å². The number of methoxy groups -OCH3 is 1. The van der Waals surface area contributed by atoms with Crippen LogP contribution in [0.4, 0.5) is 0 Å². The van der Waals surface area contributed by atoms with Crippen molar-refractivity contribution < 1.29 is 18.7 Å². The van der Waals surface area contributed by atoms with Gasteiger partial charge >= 0.3 is 0 Å².